The number of anilines is 2. The molecule has 7 heteroatoms. The Morgan fingerprint density at radius 1 is 1.23 bits per heavy atom. The van der Waals surface area contributed by atoms with Crippen molar-refractivity contribution in [2.45, 2.75) is 6.92 Å². The van der Waals surface area contributed by atoms with Gasteiger partial charge in [-0.2, -0.15) is 4.98 Å². The van der Waals surface area contributed by atoms with Gasteiger partial charge in [0.25, 0.3) is 0 Å². The number of aromatic amines is 1. The fourth-order valence-corrected chi connectivity index (χ4v) is 2.58. The van der Waals surface area contributed by atoms with E-state index in [1.807, 2.05) is 18.2 Å². The van der Waals surface area contributed by atoms with Gasteiger partial charge in [0.1, 0.15) is 12.4 Å². The minimum absolute atomic E-state index is 0.365. The van der Waals surface area contributed by atoms with Crippen molar-refractivity contribution in [1.29, 1.82) is 0 Å². The van der Waals surface area contributed by atoms with E-state index in [0.717, 1.165) is 38.5 Å². The van der Waals surface area contributed by atoms with Gasteiger partial charge in [0.2, 0.25) is 11.9 Å². The van der Waals surface area contributed by atoms with Crippen LogP contribution in [-0.4, -0.2) is 59.4 Å². The maximum absolute atomic E-state index is 5.85. The van der Waals surface area contributed by atoms with Crippen LogP contribution in [0.5, 0.6) is 5.75 Å². The quantitative estimate of drug-likeness (QED) is 0.854. The highest BCUT2D eigenvalue weighted by Crippen LogP contribution is 2.16. The van der Waals surface area contributed by atoms with Crippen molar-refractivity contribution in [2.75, 3.05) is 50.0 Å². The van der Waals surface area contributed by atoms with Crippen LogP contribution < -0.4 is 15.4 Å². The maximum atomic E-state index is 5.85. The molecule has 1 aromatic carbocycles. The fourth-order valence-electron chi connectivity index (χ4n) is 2.58. The molecule has 0 saturated carbocycles. The Labute approximate surface area is 130 Å². The molecule has 0 radical (unpaired) electrons. The van der Waals surface area contributed by atoms with Crippen LogP contribution in [0, 0.1) is 6.92 Å². The molecule has 0 aliphatic carbocycles. The van der Waals surface area contributed by atoms with Gasteiger partial charge in [-0.15, -0.1) is 5.10 Å². The number of aryl methyl sites for hydroxylation is 1. The average molecular weight is 302 g/mol. The summed E-state index contributed by atoms with van der Waals surface area (Å²) in [5, 5.41) is 6.77. The molecule has 1 aromatic heterocycles. The zero-order chi connectivity index (χ0) is 15.4. The number of para-hydroxylation sites is 1. The highest BCUT2D eigenvalue weighted by atomic mass is 16.5. The molecule has 0 atom stereocenters. The van der Waals surface area contributed by atoms with Gasteiger partial charge in [0.05, 0.1) is 0 Å². The van der Waals surface area contributed by atoms with E-state index >= 15 is 0 Å². The molecule has 7 nitrogen and oxygen atoms in total. The van der Waals surface area contributed by atoms with Gasteiger partial charge in [0.15, 0.2) is 0 Å². The zero-order valence-electron chi connectivity index (χ0n) is 12.8. The van der Waals surface area contributed by atoms with Gasteiger partial charge in [-0.05, 0) is 18.6 Å². The smallest absolute Gasteiger partial charge is 0.246 e. The maximum Gasteiger partial charge on any atom is 0.246 e. The van der Waals surface area contributed by atoms with Crippen molar-refractivity contribution in [3.63, 3.8) is 0 Å². The summed E-state index contributed by atoms with van der Waals surface area (Å²) in [5.41, 5.74) is 6.74. The highest BCUT2D eigenvalue weighted by Gasteiger charge is 2.19. The molecule has 3 N–H and O–H groups in total. The third kappa shape index (κ3) is 3.48. The van der Waals surface area contributed by atoms with Crippen molar-refractivity contribution in [3.8, 4) is 5.75 Å². The van der Waals surface area contributed by atoms with Gasteiger partial charge < -0.3 is 15.4 Å². The first-order chi connectivity index (χ1) is 10.7. The summed E-state index contributed by atoms with van der Waals surface area (Å²) in [5.74, 6) is 2.02. The number of benzene rings is 1. The number of hydrogen-bond donors (Lipinski definition) is 2. The number of ether oxygens (including phenoxy) is 1. The largest absolute Gasteiger partial charge is 0.492 e. The summed E-state index contributed by atoms with van der Waals surface area (Å²) < 4.78 is 5.85. The normalized spacial score (nSPS) is 16.0. The van der Waals surface area contributed by atoms with E-state index in [1.165, 1.54) is 5.56 Å². The summed E-state index contributed by atoms with van der Waals surface area (Å²) in [6.07, 6.45) is 0. The minimum Gasteiger partial charge on any atom is -0.492 e. The number of piperazine rings is 1. The van der Waals surface area contributed by atoms with E-state index in [2.05, 4.69) is 38.0 Å². The number of hydrogen-bond acceptors (Lipinski definition) is 6. The first-order valence-electron chi connectivity index (χ1n) is 7.56. The standard InChI is InChI=1S/C15H22N6O/c1-12-4-2-3-5-13(12)22-11-10-20-6-8-21(9-7-20)15-17-14(16)18-19-15/h2-5H,6-11H2,1H3,(H3,16,17,18,19). The summed E-state index contributed by atoms with van der Waals surface area (Å²) in [7, 11) is 0. The number of nitrogens with zero attached hydrogens (tertiary/aromatic N) is 4. The summed E-state index contributed by atoms with van der Waals surface area (Å²) in [4.78, 5) is 8.70. The van der Waals surface area contributed by atoms with Crippen LogP contribution in [0.3, 0.4) is 0 Å². The van der Waals surface area contributed by atoms with Crippen LogP contribution in [0.2, 0.25) is 0 Å². The molecule has 118 valence electrons. The number of rotatable bonds is 5. The molecule has 0 unspecified atom stereocenters. The third-order valence-electron chi connectivity index (χ3n) is 3.90. The summed E-state index contributed by atoms with van der Waals surface area (Å²) >= 11 is 0. The molecule has 1 saturated heterocycles. The lowest BCUT2D eigenvalue weighted by Gasteiger charge is -2.33. The molecular weight excluding hydrogens is 280 g/mol. The number of aromatic nitrogens is 3. The van der Waals surface area contributed by atoms with Gasteiger partial charge in [-0.1, -0.05) is 18.2 Å². The van der Waals surface area contributed by atoms with Gasteiger partial charge in [-0.25, -0.2) is 5.10 Å². The van der Waals surface area contributed by atoms with Crippen LogP contribution in [0.15, 0.2) is 24.3 Å². The lowest BCUT2D eigenvalue weighted by atomic mass is 10.2. The first kappa shape index (κ1) is 14.6. The molecule has 0 bridgehead atoms. The van der Waals surface area contributed by atoms with E-state index < -0.39 is 0 Å². The number of nitrogens with two attached hydrogens (primary N) is 1. The van der Waals surface area contributed by atoms with Crippen LogP contribution >= 0.6 is 0 Å². The second-order valence-electron chi connectivity index (χ2n) is 5.46. The number of nitrogens with one attached hydrogen (secondary N) is 1. The molecule has 2 heterocycles. The third-order valence-corrected chi connectivity index (χ3v) is 3.90. The zero-order valence-corrected chi connectivity index (χ0v) is 12.8. The molecule has 1 aliphatic heterocycles. The summed E-state index contributed by atoms with van der Waals surface area (Å²) in [6, 6.07) is 8.11. The lowest BCUT2D eigenvalue weighted by molar-refractivity contribution is 0.199. The molecule has 1 aliphatic rings. The van der Waals surface area contributed by atoms with Crippen molar-refractivity contribution in [1.82, 2.24) is 20.1 Å². The van der Waals surface area contributed by atoms with E-state index in [4.69, 9.17) is 10.5 Å². The Morgan fingerprint density at radius 2 is 2.00 bits per heavy atom. The molecule has 3 rings (SSSR count). The van der Waals surface area contributed by atoms with E-state index in [-0.39, 0.29) is 0 Å². The molecular formula is C15H22N6O. The molecule has 2 aromatic rings. The van der Waals surface area contributed by atoms with Crippen molar-refractivity contribution in [2.24, 2.45) is 0 Å². The molecule has 1 fully saturated rings. The Balaban J connectivity index is 1.42. The highest BCUT2D eigenvalue weighted by molar-refractivity contribution is 5.34. The van der Waals surface area contributed by atoms with Gasteiger partial charge in [-0.3, -0.25) is 4.90 Å². The predicted octanol–water partition coefficient (Wildman–Crippen LogP) is 0.896. The topological polar surface area (TPSA) is 83.3 Å². The number of nitrogen functional groups attached to an aromatic ring is 1. The molecule has 22 heavy (non-hydrogen) atoms. The molecule has 0 amide bonds. The van der Waals surface area contributed by atoms with Crippen LogP contribution in [0.25, 0.3) is 0 Å². The van der Waals surface area contributed by atoms with Crippen LogP contribution in [0.4, 0.5) is 11.9 Å². The SMILES string of the molecule is Cc1ccccc1OCCN1CCN(c2n[nH]c(N)n2)CC1. The van der Waals surface area contributed by atoms with Crippen molar-refractivity contribution < 1.29 is 4.74 Å². The van der Waals surface area contributed by atoms with Gasteiger partial charge >= 0.3 is 0 Å². The van der Waals surface area contributed by atoms with Crippen molar-refractivity contribution >= 4 is 11.9 Å². The second kappa shape index (κ2) is 6.65. The Bertz CT molecular complexity index is 606. The predicted molar refractivity (Wildman–Crippen MR) is 86.1 cm³/mol. The average Bonchev–Trinajstić information content (AvgIpc) is 2.96. The monoisotopic (exact) mass is 302 g/mol. The van der Waals surface area contributed by atoms with E-state index in [1.54, 1.807) is 0 Å². The van der Waals surface area contributed by atoms with Crippen LogP contribution in [0.1, 0.15) is 5.56 Å². The minimum atomic E-state index is 0.365. The Morgan fingerprint density at radius 3 is 2.68 bits per heavy atom. The lowest BCUT2D eigenvalue weighted by Crippen LogP contribution is -2.47. The second-order valence-corrected chi connectivity index (χ2v) is 5.46. The number of H-pyrrole nitrogens is 1. The van der Waals surface area contributed by atoms with Crippen molar-refractivity contribution in [3.05, 3.63) is 29.8 Å². The van der Waals surface area contributed by atoms with E-state index in [0.29, 0.717) is 18.5 Å². The fraction of sp³-hybridized carbons (Fsp3) is 0.467. The van der Waals surface area contributed by atoms with Crippen LogP contribution in [-0.2, 0) is 0 Å². The summed E-state index contributed by atoms with van der Waals surface area (Å²) in [6.45, 7) is 7.47. The van der Waals surface area contributed by atoms with E-state index in [9.17, 15) is 0 Å². The first-order valence-corrected chi connectivity index (χ1v) is 7.56. The Hall–Kier alpha value is -2.28. The van der Waals surface area contributed by atoms with Gasteiger partial charge in [0, 0.05) is 32.7 Å². The molecule has 0 spiro atoms. The Kier molecular flexibility index (Phi) is 4.43.